The topological polar surface area (TPSA) is 29.7 Å². The van der Waals surface area contributed by atoms with E-state index in [-0.39, 0.29) is 0 Å². The van der Waals surface area contributed by atoms with Crippen molar-refractivity contribution >= 4 is 39.2 Å². The molecule has 0 aliphatic carbocycles. The highest BCUT2D eigenvalue weighted by Gasteiger charge is 2.13. The van der Waals surface area contributed by atoms with Gasteiger partial charge in [0.05, 0.1) is 11.4 Å². The predicted molar refractivity (Wildman–Crippen MR) is 96.1 cm³/mol. The van der Waals surface area contributed by atoms with E-state index >= 15 is 0 Å². The Morgan fingerprint density at radius 3 is 3.05 bits per heavy atom. The first-order valence-corrected chi connectivity index (χ1v) is 9.12. The molecule has 5 heteroatoms. The zero-order chi connectivity index (χ0) is 14.9. The number of rotatable bonds is 2. The van der Waals surface area contributed by atoms with Crippen LogP contribution in [0.25, 0.3) is 5.65 Å². The normalized spacial score (nSPS) is 14.0. The van der Waals surface area contributed by atoms with Crippen LogP contribution in [0.3, 0.4) is 0 Å². The molecule has 1 aliphatic rings. The predicted octanol–water partition coefficient (Wildman–Crippen LogP) is 4.81. The minimum Gasteiger partial charge on any atom is -0.307 e. The van der Waals surface area contributed by atoms with Gasteiger partial charge in [-0.25, -0.2) is 9.98 Å². The van der Waals surface area contributed by atoms with Crippen molar-refractivity contribution in [2.24, 2.45) is 4.99 Å². The second-order valence-corrected chi connectivity index (χ2v) is 7.42. The molecule has 110 valence electrons. The fraction of sp³-hybridized carbons (Fsp3) is 0.176. The van der Waals surface area contributed by atoms with E-state index in [0.29, 0.717) is 0 Å². The third-order valence-corrected chi connectivity index (χ3v) is 5.90. The van der Waals surface area contributed by atoms with Crippen LogP contribution in [0.2, 0.25) is 0 Å². The Hall–Kier alpha value is -1.72. The molecular formula is C17H15N3S2. The lowest BCUT2D eigenvalue weighted by molar-refractivity contribution is 1.16. The molecule has 4 rings (SSSR count). The Morgan fingerprint density at radius 1 is 1.23 bits per heavy atom. The number of aromatic nitrogens is 2. The second kappa shape index (κ2) is 5.82. The average Bonchev–Trinajstić information content (AvgIpc) is 2.97. The number of hydrogen-bond acceptors (Lipinski definition) is 4. The van der Waals surface area contributed by atoms with Gasteiger partial charge in [-0.05, 0) is 30.2 Å². The lowest BCUT2D eigenvalue weighted by Gasteiger charge is -2.13. The second-order valence-electron chi connectivity index (χ2n) is 5.24. The third-order valence-electron chi connectivity index (χ3n) is 3.63. The van der Waals surface area contributed by atoms with Crippen LogP contribution < -0.4 is 0 Å². The van der Waals surface area contributed by atoms with Crippen molar-refractivity contribution in [2.75, 3.05) is 0 Å². The fourth-order valence-electron chi connectivity index (χ4n) is 2.50. The van der Waals surface area contributed by atoms with E-state index in [1.165, 1.54) is 11.1 Å². The Morgan fingerprint density at radius 2 is 2.14 bits per heavy atom. The van der Waals surface area contributed by atoms with Crippen molar-refractivity contribution in [3.63, 3.8) is 0 Å². The SMILES string of the molecule is Cc1cccn2cc(CSC3=Nc4ccccc4CS3)nc12. The number of pyridine rings is 1. The number of hydrogen-bond donors (Lipinski definition) is 0. The minimum atomic E-state index is 0.856. The number of aliphatic imine (C=N–C) groups is 1. The zero-order valence-corrected chi connectivity index (χ0v) is 13.8. The maximum atomic E-state index is 4.74. The first kappa shape index (κ1) is 13.9. The molecule has 0 atom stereocenters. The highest BCUT2D eigenvalue weighted by molar-refractivity contribution is 8.38. The Bertz CT molecular complexity index is 867. The van der Waals surface area contributed by atoms with Gasteiger partial charge in [0.2, 0.25) is 0 Å². The van der Waals surface area contributed by atoms with Gasteiger partial charge in [-0.1, -0.05) is 47.8 Å². The molecule has 0 saturated carbocycles. The molecule has 1 aromatic carbocycles. The van der Waals surface area contributed by atoms with Crippen molar-refractivity contribution in [2.45, 2.75) is 18.4 Å². The maximum absolute atomic E-state index is 4.74. The monoisotopic (exact) mass is 325 g/mol. The lowest BCUT2D eigenvalue weighted by Crippen LogP contribution is -1.96. The van der Waals surface area contributed by atoms with Crippen LogP contribution in [0.15, 0.2) is 53.8 Å². The molecule has 0 spiro atoms. The Labute approximate surface area is 137 Å². The van der Waals surface area contributed by atoms with Gasteiger partial charge in [0, 0.05) is 23.9 Å². The van der Waals surface area contributed by atoms with Crippen molar-refractivity contribution in [3.8, 4) is 0 Å². The summed E-state index contributed by atoms with van der Waals surface area (Å²) in [7, 11) is 0. The number of benzene rings is 1. The summed E-state index contributed by atoms with van der Waals surface area (Å²) >= 11 is 3.59. The van der Waals surface area contributed by atoms with Gasteiger partial charge in [-0.15, -0.1) is 0 Å². The first-order chi connectivity index (χ1) is 10.8. The quantitative estimate of drug-likeness (QED) is 0.677. The van der Waals surface area contributed by atoms with E-state index in [0.717, 1.165) is 32.9 Å². The van der Waals surface area contributed by atoms with Crippen molar-refractivity contribution < 1.29 is 0 Å². The smallest absolute Gasteiger partial charge is 0.139 e. The third kappa shape index (κ3) is 2.66. The van der Waals surface area contributed by atoms with Gasteiger partial charge in [0.1, 0.15) is 10.0 Å². The molecule has 0 bridgehead atoms. The van der Waals surface area contributed by atoms with Crippen molar-refractivity contribution in [3.05, 3.63) is 65.6 Å². The lowest BCUT2D eigenvalue weighted by atomic mass is 10.2. The molecule has 22 heavy (non-hydrogen) atoms. The standard InChI is InChI=1S/C17H15N3S2/c1-12-5-4-8-20-9-14(18-16(12)20)11-22-17-19-15-7-3-2-6-13(15)10-21-17/h2-9H,10-11H2,1H3. The van der Waals surface area contributed by atoms with E-state index in [2.05, 4.69) is 47.9 Å². The summed E-state index contributed by atoms with van der Waals surface area (Å²) in [6, 6.07) is 12.5. The molecule has 1 aliphatic heterocycles. The number of nitrogens with zero attached hydrogens (tertiary/aromatic N) is 3. The van der Waals surface area contributed by atoms with Crippen LogP contribution in [0.1, 0.15) is 16.8 Å². The van der Waals surface area contributed by atoms with Gasteiger partial charge in [-0.2, -0.15) is 0 Å². The first-order valence-electron chi connectivity index (χ1n) is 7.15. The van der Waals surface area contributed by atoms with Crippen LogP contribution in [-0.4, -0.2) is 13.8 Å². The molecule has 0 unspecified atom stereocenters. The average molecular weight is 325 g/mol. The molecule has 2 aromatic heterocycles. The molecule has 0 N–H and O–H groups in total. The number of thioether (sulfide) groups is 2. The largest absolute Gasteiger partial charge is 0.307 e. The molecule has 3 aromatic rings. The van der Waals surface area contributed by atoms with Gasteiger partial charge in [-0.3, -0.25) is 0 Å². The zero-order valence-electron chi connectivity index (χ0n) is 12.2. The summed E-state index contributed by atoms with van der Waals surface area (Å²) in [5, 5.41) is 0. The molecular weight excluding hydrogens is 310 g/mol. The number of fused-ring (bicyclic) bond motifs is 2. The highest BCUT2D eigenvalue weighted by atomic mass is 32.2. The molecule has 0 fully saturated rings. The molecule has 3 heterocycles. The van der Waals surface area contributed by atoms with Crippen LogP contribution in [-0.2, 0) is 11.5 Å². The van der Waals surface area contributed by atoms with Gasteiger partial charge in [0.25, 0.3) is 0 Å². The summed E-state index contributed by atoms with van der Waals surface area (Å²) in [6.45, 7) is 2.09. The highest BCUT2D eigenvalue weighted by Crippen LogP contribution is 2.35. The van der Waals surface area contributed by atoms with Crippen LogP contribution in [0, 0.1) is 6.92 Å². The molecule has 0 amide bonds. The van der Waals surface area contributed by atoms with Crippen molar-refractivity contribution in [1.82, 2.24) is 9.38 Å². The summed E-state index contributed by atoms with van der Waals surface area (Å²) in [6.07, 6.45) is 4.16. The summed E-state index contributed by atoms with van der Waals surface area (Å²) in [5.41, 5.74) is 5.77. The Kier molecular flexibility index (Phi) is 3.68. The number of imidazole rings is 1. The summed E-state index contributed by atoms with van der Waals surface area (Å²) in [5.74, 6) is 1.86. The molecule has 3 nitrogen and oxygen atoms in total. The molecule has 0 saturated heterocycles. The number of para-hydroxylation sites is 1. The fourth-order valence-corrected chi connectivity index (χ4v) is 4.44. The van der Waals surface area contributed by atoms with Gasteiger partial charge < -0.3 is 4.40 Å². The molecule has 0 radical (unpaired) electrons. The van der Waals surface area contributed by atoms with Crippen molar-refractivity contribution in [1.29, 1.82) is 0 Å². The van der Waals surface area contributed by atoms with Crippen LogP contribution in [0.5, 0.6) is 0 Å². The van der Waals surface area contributed by atoms with Gasteiger partial charge in [0.15, 0.2) is 0 Å². The van der Waals surface area contributed by atoms with E-state index in [9.17, 15) is 0 Å². The van der Waals surface area contributed by atoms with E-state index in [1.807, 2.05) is 24.0 Å². The minimum absolute atomic E-state index is 0.856. The Balaban J connectivity index is 1.53. The maximum Gasteiger partial charge on any atom is 0.139 e. The summed E-state index contributed by atoms with van der Waals surface area (Å²) < 4.78 is 3.23. The van der Waals surface area contributed by atoms with Gasteiger partial charge >= 0.3 is 0 Å². The van der Waals surface area contributed by atoms with E-state index < -0.39 is 0 Å². The van der Waals surface area contributed by atoms with Crippen LogP contribution in [0.4, 0.5) is 5.69 Å². The van der Waals surface area contributed by atoms with E-state index in [1.54, 1.807) is 11.8 Å². The van der Waals surface area contributed by atoms with E-state index in [4.69, 9.17) is 9.98 Å². The summed E-state index contributed by atoms with van der Waals surface area (Å²) in [4.78, 5) is 9.46. The van der Waals surface area contributed by atoms with Crippen LogP contribution >= 0.6 is 23.5 Å². The number of aryl methyl sites for hydroxylation is 1.